The third kappa shape index (κ3) is 3.76. The topological polar surface area (TPSA) is 54.5 Å². The fourth-order valence-electron chi connectivity index (χ4n) is 2.00. The van der Waals surface area contributed by atoms with Crippen molar-refractivity contribution in [3.8, 4) is 0 Å². The lowest BCUT2D eigenvalue weighted by Crippen LogP contribution is -2.30. The van der Waals surface area contributed by atoms with Gasteiger partial charge in [0.1, 0.15) is 0 Å². The summed E-state index contributed by atoms with van der Waals surface area (Å²) in [6, 6.07) is 9.68. The van der Waals surface area contributed by atoms with Crippen molar-refractivity contribution in [3.63, 3.8) is 0 Å². The minimum Gasteiger partial charge on any atom is -0.295 e. The maximum absolute atomic E-state index is 12.7. The molecule has 0 aliphatic heterocycles. The molecule has 1 heterocycles. The van der Waals surface area contributed by atoms with E-state index in [1.807, 2.05) is 6.07 Å². The normalized spacial score (nSPS) is 11.8. The average Bonchev–Trinajstić information content (AvgIpc) is 2.90. The second-order valence-corrected chi connectivity index (χ2v) is 8.46. The van der Waals surface area contributed by atoms with Gasteiger partial charge in [0.25, 0.3) is 0 Å². The quantitative estimate of drug-likeness (QED) is 0.738. The first-order valence-electron chi connectivity index (χ1n) is 6.70. The van der Waals surface area contributed by atoms with Gasteiger partial charge < -0.3 is 0 Å². The summed E-state index contributed by atoms with van der Waals surface area (Å²) >= 11 is 7.24. The number of benzene rings is 1. The molecule has 0 N–H and O–H groups in total. The van der Waals surface area contributed by atoms with Gasteiger partial charge in [-0.05, 0) is 31.2 Å². The molecule has 4 nitrogen and oxygen atoms in total. The monoisotopic (exact) mass is 357 g/mol. The van der Waals surface area contributed by atoms with Crippen LogP contribution >= 0.6 is 22.9 Å². The Balaban J connectivity index is 2.34. The van der Waals surface area contributed by atoms with Crippen LogP contribution in [-0.2, 0) is 16.6 Å². The minimum atomic E-state index is -3.65. The van der Waals surface area contributed by atoms with Gasteiger partial charge in [0, 0.05) is 23.5 Å². The summed E-state index contributed by atoms with van der Waals surface area (Å²) in [6.07, 6.45) is 0. The van der Waals surface area contributed by atoms with E-state index >= 15 is 0 Å². The van der Waals surface area contributed by atoms with Crippen LogP contribution in [0, 0.1) is 0 Å². The Kier molecular flexibility index (Phi) is 5.39. The van der Waals surface area contributed by atoms with Crippen molar-refractivity contribution in [2.75, 3.05) is 6.54 Å². The van der Waals surface area contributed by atoms with Crippen molar-refractivity contribution < 1.29 is 13.2 Å². The number of nitrogens with zero attached hydrogens (tertiary/aromatic N) is 1. The molecule has 0 amide bonds. The maximum Gasteiger partial charge on any atom is 0.243 e. The number of hydrogen-bond acceptors (Lipinski definition) is 4. The molecule has 0 atom stereocenters. The summed E-state index contributed by atoms with van der Waals surface area (Å²) in [5.74, 6) is -0.162. The fourth-order valence-corrected chi connectivity index (χ4v) is 4.66. The van der Waals surface area contributed by atoms with Gasteiger partial charge >= 0.3 is 0 Å². The van der Waals surface area contributed by atoms with E-state index in [0.29, 0.717) is 16.4 Å². The summed E-state index contributed by atoms with van der Waals surface area (Å²) in [4.78, 5) is 12.4. The molecule has 22 heavy (non-hydrogen) atoms. The number of carbonyl (C=O) groups excluding carboxylic acids is 1. The molecule has 0 fully saturated rings. The van der Waals surface area contributed by atoms with Gasteiger partial charge in [-0.15, -0.1) is 11.3 Å². The number of halogens is 1. The van der Waals surface area contributed by atoms with E-state index in [4.69, 9.17) is 11.6 Å². The first-order valence-corrected chi connectivity index (χ1v) is 9.33. The highest BCUT2D eigenvalue weighted by Crippen LogP contribution is 2.25. The lowest BCUT2D eigenvalue weighted by Gasteiger charge is -2.20. The third-order valence-corrected chi connectivity index (χ3v) is 6.32. The predicted molar refractivity (Wildman–Crippen MR) is 89.0 cm³/mol. The van der Waals surface area contributed by atoms with Crippen molar-refractivity contribution in [1.29, 1.82) is 0 Å². The van der Waals surface area contributed by atoms with Gasteiger partial charge in [0.15, 0.2) is 5.78 Å². The highest BCUT2D eigenvalue weighted by molar-refractivity contribution is 7.89. The van der Waals surface area contributed by atoms with Gasteiger partial charge in [-0.3, -0.25) is 4.79 Å². The zero-order valence-corrected chi connectivity index (χ0v) is 14.6. The van der Waals surface area contributed by atoms with Crippen LogP contribution in [0.5, 0.6) is 0 Å². The van der Waals surface area contributed by atoms with Crippen LogP contribution in [0.3, 0.4) is 0 Å². The van der Waals surface area contributed by atoms with Gasteiger partial charge in [-0.25, -0.2) is 8.42 Å². The number of carbonyl (C=O) groups is 1. The van der Waals surface area contributed by atoms with Crippen LogP contribution in [0.1, 0.15) is 29.1 Å². The van der Waals surface area contributed by atoms with E-state index in [1.54, 1.807) is 25.1 Å². The second-order valence-electron chi connectivity index (χ2n) is 4.72. The number of thiophene rings is 1. The Morgan fingerprint density at radius 2 is 2.00 bits per heavy atom. The molecule has 7 heteroatoms. The highest BCUT2D eigenvalue weighted by Gasteiger charge is 2.24. The number of sulfonamides is 1. The SMILES string of the molecule is CCN(Cc1ccc(Cl)s1)S(=O)(=O)c1cccc(C(C)=O)c1. The van der Waals surface area contributed by atoms with Crippen LogP contribution in [0.15, 0.2) is 41.3 Å². The molecule has 0 saturated carbocycles. The Hall–Kier alpha value is -1.21. The fraction of sp³-hybridized carbons (Fsp3) is 0.267. The number of rotatable bonds is 6. The number of ketones is 1. The summed E-state index contributed by atoms with van der Waals surface area (Å²) in [7, 11) is -3.65. The lowest BCUT2D eigenvalue weighted by molar-refractivity contribution is 0.101. The Morgan fingerprint density at radius 3 is 2.55 bits per heavy atom. The maximum atomic E-state index is 12.7. The molecule has 118 valence electrons. The van der Waals surface area contributed by atoms with Crippen LogP contribution < -0.4 is 0 Å². The lowest BCUT2D eigenvalue weighted by atomic mass is 10.2. The Labute approximate surface area is 139 Å². The molecule has 1 aromatic carbocycles. The highest BCUT2D eigenvalue weighted by atomic mass is 35.5. The summed E-state index contributed by atoms with van der Waals surface area (Å²) < 4.78 is 27.5. The molecule has 0 saturated heterocycles. The van der Waals surface area contributed by atoms with Crippen molar-refractivity contribution in [3.05, 3.63) is 51.2 Å². The van der Waals surface area contributed by atoms with E-state index in [2.05, 4.69) is 0 Å². The molecular weight excluding hydrogens is 342 g/mol. The van der Waals surface area contributed by atoms with Gasteiger partial charge in [-0.1, -0.05) is 30.7 Å². The first kappa shape index (κ1) is 17.1. The van der Waals surface area contributed by atoms with Crippen molar-refractivity contribution in [2.24, 2.45) is 0 Å². The van der Waals surface area contributed by atoms with Crippen LogP contribution in [0.4, 0.5) is 0 Å². The first-order chi connectivity index (χ1) is 10.3. The zero-order valence-electron chi connectivity index (χ0n) is 12.2. The summed E-state index contributed by atoms with van der Waals surface area (Å²) in [5, 5.41) is 0. The van der Waals surface area contributed by atoms with E-state index in [-0.39, 0.29) is 17.2 Å². The number of Topliss-reactive ketones (excluding diaryl/α,β-unsaturated/α-hetero) is 1. The smallest absolute Gasteiger partial charge is 0.243 e. The van der Waals surface area contributed by atoms with Crippen molar-refractivity contribution in [1.82, 2.24) is 4.31 Å². The Morgan fingerprint density at radius 1 is 1.27 bits per heavy atom. The second kappa shape index (κ2) is 6.91. The standard InChI is InChI=1S/C15H16ClNO3S2/c1-3-17(10-13-7-8-15(16)21-13)22(19,20)14-6-4-5-12(9-14)11(2)18/h4-9H,3,10H2,1-2H3. The summed E-state index contributed by atoms with van der Waals surface area (Å²) in [5.41, 5.74) is 0.385. The number of hydrogen-bond donors (Lipinski definition) is 0. The van der Waals surface area contributed by atoms with Gasteiger partial charge in [0.05, 0.1) is 9.23 Å². The molecule has 2 rings (SSSR count). The van der Waals surface area contributed by atoms with Crippen LogP contribution in [0.25, 0.3) is 0 Å². The van der Waals surface area contributed by atoms with Gasteiger partial charge in [-0.2, -0.15) is 4.31 Å². The molecule has 0 spiro atoms. The molecule has 0 aliphatic rings. The zero-order chi connectivity index (χ0) is 16.3. The minimum absolute atomic E-state index is 0.129. The van der Waals surface area contributed by atoms with Crippen molar-refractivity contribution >= 4 is 38.7 Å². The largest absolute Gasteiger partial charge is 0.295 e. The Bertz CT molecular complexity index is 784. The van der Waals surface area contributed by atoms with E-state index in [1.165, 1.54) is 34.7 Å². The van der Waals surface area contributed by atoms with Crippen LogP contribution in [-0.4, -0.2) is 25.1 Å². The third-order valence-electron chi connectivity index (χ3n) is 3.19. The predicted octanol–water partition coefficient (Wildman–Crippen LogP) is 3.81. The molecule has 0 aliphatic carbocycles. The van der Waals surface area contributed by atoms with Gasteiger partial charge in [0.2, 0.25) is 10.0 Å². The summed E-state index contributed by atoms with van der Waals surface area (Å²) in [6.45, 7) is 3.79. The molecule has 0 radical (unpaired) electrons. The van der Waals surface area contributed by atoms with Crippen LogP contribution in [0.2, 0.25) is 4.34 Å². The van der Waals surface area contributed by atoms with E-state index in [0.717, 1.165) is 4.88 Å². The van der Waals surface area contributed by atoms with E-state index in [9.17, 15) is 13.2 Å². The molecular formula is C15H16ClNO3S2. The molecule has 1 aromatic heterocycles. The average molecular weight is 358 g/mol. The van der Waals surface area contributed by atoms with Crippen molar-refractivity contribution in [2.45, 2.75) is 25.3 Å². The molecule has 2 aromatic rings. The molecule has 0 bridgehead atoms. The van der Waals surface area contributed by atoms with E-state index < -0.39 is 10.0 Å². The molecule has 0 unspecified atom stereocenters.